The molecule has 80 valence electrons. The number of nitro groups is 1. The van der Waals surface area contributed by atoms with Gasteiger partial charge < -0.3 is 9.73 Å². The summed E-state index contributed by atoms with van der Waals surface area (Å²) >= 11 is 0. The Kier molecular flexibility index (Phi) is 2.40. The Balaban J connectivity index is 1.94. The minimum atomic E-state index is -0.669. The first-order valence-electron chi connectivity index (χ1n) is 4.69. The molecule has 1 amide bonds. The summed E-state index contributed by atoms with van der Waals surface area (Å²) in [7, 11) is 0. The largest absolute Gasteiger partial charge is 0.433 e. The Labute approximate surface area is 85.4 Å². The van der Waals surface area contributed by atoms with Crippen molar-refractivity contribution >= 4 is 11.8 Å². The molecule has 0 aromatic carbocycles. The summed E-state index contributed by atoms with van der Waals surface area (Å²) < 4.78 is 4.75. The summed E-state index contributed by atoms with van der Waals surface area (Å²) in [5.74, 6) is -0.247. The van der Waals surface area contributed by atoms with E-state index in [1.54, 1.807) is 0 Å². The molecule has 0 radical (unpaired) electrons. The van der Waals surface area contributed by atoms with E-state index in [1.165, 1.54) is 12.1 Å². The summed E-state index contributed by atoms with van der Waals surface area (Å²) in [5.41, 5.74) is 0. The summed E-state index contributed by atoms with van der Waals surface area (Å²) in [6, 6.07) is 2.48. The van der Waals surface area contributed by atoms with Crippen LogP contribution in [0, 0.1) is 16.0 Å². The van der Waals surface area contributed by atoms with Gasteiger partial charge in [0.2, 0.25) is 0 Å². The summed E-state index contributed by atoms with van der Waals surface area (Å²) in [5, 5.41) is 13.0. The van der Waals surface area contributed by atoms with Gasteiger partial charge in [0.1, 0.15) is 4.92 Å². The van der Waals surface area contributed by atoms with E-state index in [2.05, 4.69) is 5.32 Å². The van der Waals surface area contributed by atoms with E-state index in [4.69, 9.17) is 4.42 Å². The van der Waals surface area contributed by atoms with Crippen molar-refractivity contribution in [3.05, 3.63) is 28.0 Å². The first kappa shape index (κ1) is 9.70. The smallest absolute Gasteiger partial charge is 0.395 e. The van der Waals surface area contributed by atoms with Gasteiger partial charge in [-0.3, -0.25) is 14.9 Å². The Morgan fingerprint density at radius 1 is 1.60 bits per heavy atom. The van der Waals surface area contributed by atoms with Crippen molar-refractivity contribution in [2.75, 3.05) is 6.54 Å². The number of nitrogens with one attached hydrogen (secondary N) is 1. The van der Waals surface area contributed by atoms with Crippen molar-refractivity contribution in [3.63, 3.8) is 0 Å². The molecule has 0 saturated heterocycles. The Morgan fingerprint density at radius 3 is 2.87 bits per heavy atom. The van der Waals surface area contributed by atoms with Crippen LogP contribution in [0.2, 0.25) is 0 Å². The minimum Gasteiger partial charge on any atom is -0.395 e. The predicted octanol–water partition coefficient (Wildman–Crippen LogP) is 1.33. The maximum Gasteiger partial charge on any atom is 0.433 e. The van der Waals surface area contributed by atoms with E-state index in [1.807, 2.05) is 0 Å². The van der Waals surface area contributed by atoms with Crippen LogP contribution in [0.4, 0.5) is 5.88 Å². The Morgan fingerprint density at radius 2 is 2.33 bits per heavy atom. The molecule has 0 aliphatic heterocycles. The fourth-order valence-corrected chi connectivity index (χ4v) is 1.19. The SMILES string of the molecule is O=C(NCC1CC1)c1ccc([N+](=O)[O-])o1. The number of carbonyl (C=O) groups is 1. The van der Waals surface area contributed by atoms with Crippen LogP contribution in [0.25, 0.3) is 0 Å². The van der Waals surface area contributed by atoms with Crippen molar-refractivity contribution in [1.82, 2.24) is 5.32 Å². The first-order chi connectivity index (χ1) is 7.16. The zero-order chi connectivity index (χ0) is 10.8. The van der Waals surface area contributed by atoms with Crippen LogP contribution >= 0.6 is 0 Å². The molecule has 0 bridgehead atoms. The number of rotatable bonds is 4. The predicted molar refractivity (Wildman–Crippen MR) is 50.4 cm³/mol. The molecule has 1 aromatic heterocycles. The number of carbonyl (C=O) groups excluding carboxylic acids is 1. The molecular formula is C9H10N2O4. The molecule has 1 N–H and O–H groups in total. The van der Waals surface area contributed by atoms with Crippen LogP contribution < -0.4 is 5.32 Å². The Bertz CT molecular complexity index is 395. The summed E-state index contributed by atoms with van der Waals surface area (Å²) in [6.07, 6.45) is 2.27. The van der Waals surface area contributed by atoms with Crippen molar-refractivity contribution in [1.29, 1.82) is 0 Å². The fourth-order valence-electron chi connectivity index (χ4n) is 1.19. The third kappa shape index (κ3) is 2.34. The molecule has 6 heteroatoms. The molecule has 1 aromatic rings. The standard InChI is InChI=1S/C9H10N2O4/c12-9(10-5-6-1-2-6)7-3-4-8(15-7)11(13)14/h3-4,6H,1-2,5H2,(H,10,12). The molecule has 1 fully saturated rings. The van der Waals surface area contributed by atoms with Crippen molar-refractivity contribution in [2.45, 2.75) is 12.8 Å². The quantitative estimate of drug-likeness (QED) is 0.600. The lowest BCUT2D eigenvalue weighted by atomic mass is 10.4. The third-order valence-corrected chi connectivity index (χ3v) is 2.24. The van der Waals surface area contributed by atoms with Gasteiger partial charge in [0.15, 0.2) is 5.76 Å². The lowest BCUT2D eigenvalue weighted by Gasteiger charge is -1.99. The first-order valence-corrected chi connectivity index (χ1v) is 4.69. The summed E-state index contributed by atoms with van der Waals surface area (Å²) in [6.45, 7) is 0.618. The van der Waals surface area contributed by atoms with Gasteiger partial charge in [-0.05, 0) is 24.8 Å². The van der Waals surface area contributed by atoms with Crippen molar-refractivity contribution in [3.8, 4) is 0 Å². The highest BCUT2D eigenvalue weighted by molar-refractivity contribution is 5.91. The van der Waals surface area contributed by atoms with E-state index >= 15 is 0 Å². The second-order valence-electron chi connectivity index (χ2n) is 3.55. The van der Waals surface area contributed by atoms with Crippen molar-refractivity contribution < 1.29 is 14.1 Å². The van der Waals surface area contributed by atoms with Crippen LogP contribution in [-0.4, -0.2) is 17.4 Å². The van der Waals surface area contributed by atoms with Crippen LogP contribution in [0.5, 0.6) is 0 Å². The molecule has 1 aliphatic carbocycles. The maximum absolute atomic E-state index is 11.4. The molecule has 0 atom stereocenters. The lowest BCUT2D eigenvalue weighted by molar-refractivity contribution is -0.402. The number of hydrogen-bond acceptors (Lipinski definition) is 4. The van der Waals surface area contributed by atoms with Crippen LogP contribution in [0.1, 0.15) is 23.4 Å². The molecule has 1 saturated carbocycles. The highest BCUT2D eigenvalue weighted by Crippen LogP contribution is 2.27. The van der Waals surface area contributed by atoms with Gasteiger partial charge in [-0.15, -0.1) is 0 Å². The molecule has 6 nitrogen and oxygen atoms in total. The van der Waals surface area contributed by atoms with Gasteiger partial charge in [-0.25, -0.2) is 0 Å². The molecular weight excluding hydrogens is 200 g/mol. The van der Waals surface area contributed by atoms with Crippen LogP contribution in [0.15, 0.2) is 16.5 Å². The van der Waals surface area contributed by atoms with E-state index in [0.29, 0.717) is 12.5 Å². The number of amides is 1. The van der Waals surface area contributed by atoms with Crippen LogP contribution in [0.3, 0.4) is 0 Å². The Hall–Kier alpha value is -1.85. The summed E-state index contributed by atoms with van der Waals surface area (Å²) in [4.78, 5) is 21.0. The lowest BCUT2D eigenvalue weighted by Crippen LogP contribution is -2.24. The number of hydrogen-bond donors (Lipinski definition) is 1. The highest BCUT2D eigenvalue weighted by atomic mass is 16.6. The van der Waals surface area contributed by atoms with E-state index in [0.717, 1.165) is 12.8 Å². The van der Waals surface area contributed by atoms with Gasteiger partial charge in [-0.1, -0.05) is 0 Å². The molecule has 0 spiro atoms. The molecule has 1 heterocycles. The monoisotopic (exact) mass is 210 g/mol. The topological polar surface area (TPSA) is 85.4 Å². The number of nitrogens with zero attached hydrogens (tertiary/aromatic N) is 1. The van der Waals surface area contributed by atoms with Gasteiger partial charge >= 0.3 is 5.88 Å². The number of furan rings is 1. The molecule has 2 rings (SSSR count). The third-order valence-electron chi connectivity index (χ3n) is 2.24. The average Bonchev–Trinajstić information content (AvgIpc) is 2.88. The molecule has 0 unspecified atom stereocenters. The normalized spacial score (nSPS) is 14.9. The van der Waals surface area contributed by atoms with E-state index in [-0.39, 0.29) is 5.76 Å². The van der Waals surface area contributed by atoms with Gasteiger partial charge in [0.25, 0.3) is 5.91 Å². The zero-order valence-corrected chi connectivity index (χ0v) is 7.93. The zero-order valence-electron chi connectivity index (χ0n) is 7.93. The van der Waals surface area contributed by atoms with Crippen molar-refractivity contribution in [2.24, 2.45) is 5.92 Å². The highest BCUT2D eigenvalue weighted by Gasteiger charge is 2.23. The van der Waals surface area contributed by atoms with E-state index < -0.39 is 16.7 Å². The van der Waals surface area contributed by atoms with Crippen LogP contribution in [-0.2, 0) is 0 Å². The van der Waals surface area contributed by atoms with Gasteiger partial charge in [-0.2, -0.15) is 0 Å². The average molecular weight is 210 g/mol. The molecule has 1 aliphatic rings. The van der Waals surface area contributed by atoms with Gasteiger partial charge in [0, 0.05) is 6.54 Å². The van der Waals surface area contributed by atoms with Gasteiger partial charge in [0.05, 0.1) is 6.07 Å². The second kappa shape index (κ2) is 3.72. The second-order valence-corrected chi connectivity index (χ2v) is 3.55. The fraction of sp³-hybridized carbons (Fsp3) is 0.444. The van der Waals surface area contributed by atoms with E-state index in [9.17, 15) is 14.9 Å². The minimum absolute atomic E-state index is 0.0117. The maximum atomic E-state index is 11.4. The molecule has 15 heavy (non-hydrogen) atoms.